The van der Waals surface area contributed by atoms with Crippen LogP contribution in [-0.2, 0) is 11.4 Å². The fraction of sp³-hybridized carbons (Fsp3) is 0.174. The minimum Gasteiger partial charge on any atom is -0.481 e. The number of hydrogen-bond donors (Lipinski definition) is 0. The molecule has 0 saturated carbocycles. The van der Waals surface area contributed by atoms with Crippen molar-refractivity contribution in [3.8, 4) is 18.1 Å². The molecule has 6 heteroatoms. The number of aryl methyl sites for hydroxylation is 1. The summed E-state index contributed by atoms with van der Waals surface area (Å²) in [5, 5.41) is 4.27. The minimum absolute atomic E-state index is 0.0715. The fourth-order valence-electron chi connectivity index (χ4n) is 3.20. The first kappa shape index (κ1) is 19.9. The van der Waals surface area contributed by atoms with Gasteiger partial charge in [-0.1, -0.05) is 30.2 Å². The third-order valence-electron chi connectivity index (χ3n) is 4.62. The van der Waals surface area contributed by atoms with Crippen molar-refractivity contribution in [2.45, 2.75) is 13.5 Å². The van der Waals surface area contributed by atoms with E-state index in [1.54, 1.807) is 24.1 Å². The van der Waals surface area contributed by atoms with Crippen molar-refractivity contribution in [2.75, 3.05) is 18.6 Å². The number of carbonyl (C=O) groups excluding carboxylic acids is 1. The van der Waals surface area contributed by atoms with Crippen LogP contribution in [0.3, 0.4) is 0 Å². The van der Waals surface area contributed by atoms with E-state index in [0.717, 1.165) is 27.6 Å². The van der Waals surface area contributed by atoms with E-state index in [4.69, 9.17) is 11.2 Å². The van der Waals surface area contributed by atoms with Gasteiger partial charge in [-0.2, -0.15) is 0 Å². The SMILES string of the molecule is C#CCOc1ccc2c(N(C)C(=O)c3ccc(CON=O)cc3C)cccc2c1. The minimum atomic E-state index is -0.136. The summed E-state index contributed by atoms with van der Waals surface area (Å²) in [6.07, 6.45) is 5.24. The maximum absolute atomic E-state index is 13.1. The first-order valence-electron chi connectivity index (χ1n) is 8.96. The van der Waals surface area contributed by atoms with Gasteiger partial charge in [0.2, 0.25) is 0 Å². The summed E-state index contributed by atoms with van der Waals surface area (Å²) in [5.74, 6) is 2.99. The second-order valence-corrected chi connectivity index (χ2v) is 6.51. The molecular weight excluding hydrogens is 368 g/mol. The van der Waals surface area contributed by atoms with Crippen LogP contribution >= 0.6 is 0 Å². The molecule has 146 valence electrons. The molecule has 0 spiro atoms. The Bertz CT molecular complexity index is 1100. The fourth-order valence-corrected chi connectivity index (χ4v) is 3.20. The van der Waals surface area contributed by atoms with Gasteiger partial charge in [-0.15, -0.1) is 11.3 Å². The summed E-state index contributed by atoms with van der Waals surface area (Å²) >= 11 is 0. The number of nitrogens with zero attached hydrogens (tertiary/aromatic N) is 2. The van der Waals surface area contributed by atoms with Gasteiger partial charge in [0.15, 0.2) is 5.34 Å². The van der Waals surface area contributed by atoms with Gasteiger partial charge in [0, 0.05) is 18.0 Å². The first-order chi connectivity index (χ1) is 14.0. The molecule has 0 saturated heterocycles. The summed E-state index contributed by atoms with van der Waals surface area (Å²) in [4.78, 5) is 29.4. The van der Waals surface area contributed by atoms with E-state index < -0.39 is 0 Å². The molecule has 3 aromatic rings. The Morgan fingerprint density at radius 3 is 2.72 bits per heavy atom. The van der Waals surface area contributed by atoms with Crippen molar-refractivity contribution in [3.05, 3.63) is 76.2 Å². The van der Waals surface area contributed by atoms with E-state index in [1.807, 2.05) is 49.4 Å². The number of fused-ring (bicyclic) bond motifs is 1. The van der Waals surface area contributed by atoms with Crippen molar-refractivity contribution < 1.29 is 14.4 Å². The highest BCUT2D eigenvalue weighted by Crippen LogP contribution is 2.30. The van der Waals surface area contributed by atoms with Gasteiger partial charge in [-0.25, -0.2) is 0 Å². The molecule has 3 aromatic carbocycles. The topological polar surface area (TPSA) is 68.2 Å². The van der Waals surface area contributed by atoms with E-state index in [9.17, 15) is 9.70 Å². The summed E-state index contributed by atoms with van der Waals surface area (Å²) in [5.41, 5.74) is 2.92. The largest absolute Gasteiger partial charge is 0.481 e. The van der Waals surface area contributed by atoms with Crippen LogP contribution in [0.4, 0.5) is 5.69 Å². The molecule has 0 bridgehead atoms. The predicted molar refractivity (Wildman–Crippen MR) is 113 cm³/mol. The van der Waals surface area contributed by atoms with Crippen LogP contribution in [-0.4, -0.2) is 19.6 Å². The Balaban J connectivity index is 1.90. The quantitative estimate of drug-likeness (QED) is 0.336. The molecule has 0 N–H and O–H groups in total. The highest BCUT2D eigenvalue weighted by Gasteiger charge is 2.18. The molecule has 0 radical (unpaired) electrons. The summed E-state index contributed by atoms with van der Waals surface area (Å²) in [7, 11) is 1.74. The Kier molecular flexibility index (Phi) is 6.10. The molecule has 0 aliphatic rings. The van der Waals surface area contributed by atoms with Crippen molar-refractivity contribution in [3.63, 3.8) is 0 Å². The maximum atomic E-state index is 13.1. The summed E-state index contributed by atoms with van der Waals surface area (Å²) in [6, 6.07) is 16.7. The lowest BCUT2D eigenvalue weighted by Crippen LogP contribution is -2.27. The van der Waals surface area contributed by atoms with Gasteiger partial charge in [0.1, 0.15) is 19.0 Å². The van der Waals surface area contributed by atoms with E-state index in [-0.39, 0.29) is 19.1 Å². The van der Waals surface area contributed by atoms with Crippen molar-refractivity contribution in [1.29, 1.82) is 0 Å². The lowest BCUT2D eigenvalue weighted by atomic mass is 10.0. The van der Waals surface area contributed by atoms with Crippen LogP contribution in [0.2, 0.25) is 0 Å². The molecule has 0 unspecified atom stereocenters. The second kappa shape index (κ2) is 8.89. The third kappa shape index (κ3) is 4.36. The van der Waals surface area contributed by atoms with Crippen LogP contribution in [0.25, 0.3) is 10.8 Å². The Hall–Kier alpha value is -3.85. The van der Waals surface area contributed by atoms with Gasteiger partial charge in [0.25, 0.3) is 5.91 Å². The van der Waals surface area contributed by atoms with Crippen LogP contribution in [0.1, 0.15) is 21.5 Å². The van der Waals surface area contributed by atoms with E-state index in [2.05, 4.69) is 16.1 Å². The Morgan fingerprint density at radius 1 is 1.17 bits per heavy atom. The van der Waals surface area contributed by atoms with Crippen LogP contribution in [0, 0.1) is 24.2 Å². The standard InChI is InChI=1S/C23H20N2O4/c1-4-12-28-19-9-11-21-18(14-19)6-5-7-22(21)25(3)23(26)20-10-8-17(13-16(20)2)15-29-24-27/h1,5-11,13-14H,12,15H2,2-3H3. The zero-order chi connectivity index (χ0) is 20.8. The van der Waals surface area contributed by atoms with Gasteiger partial charge < -0.3 is 14.5 Å². The summed E-state index contributed by atoms with van der Waals surface area (Å²) < 4.78 is 5.48. The number of benzene rings is 3. The Labute approximate surface area is 169 Å². The molecule has 0 fully saturated rings. The number of terminal acetylenes is 1. The molecule has 0 aliphatic carbocycles. The molecule has 0 heterocycles. The molecule has 0 aromatic heterocycles. The lowest BCUT2D eigenvalue weighted by Gasteiger charge is -2.21. The lowest BCUT2D eigenvalue weighted by molar-refractivity contribution is 0.0992. The zero-order valence-corrected chi connectivity index (χ0v) is 16.2. The van der Waals surface area contributed by atoms with Crippen LogP contribution in [0.5, 0.6) is 5.75 Å². The number of carbonyl (C=O) groups is 1. The molecule has 1 amide bonds. The van der Waals surface area contributed by atoms with Crippen LogP contribution in [0.15, 0.2) is 59.9 Å². The first-order valence-corrected chi connectivity index (χ1v) is 8.96. The highest BCUT2D eigenvalue weighted by atomic mass is 16.7. The van der Waals surface area contributed by atoms with Gasteiger partial charge in [0.05, 0.1) is 5.69 Å². The summed E-state index contributed by atoms with van der Waals surface area (Å²) in [6.45, 7) is 2.12. The molecule has 0 atom stereocenters. The number of hydrogen-bond acceptors (Lipinski definition) is 5. The average Bonchev–Trinajstić information content (AvgIpc) is 2.74. The Morgan fingerprint density at radius 2 is 2.00 bits per heavy atom. The van der Waals surface area contributed by atoms with Gasteiger partial charge in [-0.3, -0.25) is 4.79 Å². The van der Waals surface area contributed by atoms with Gasteiger partial charge in [-0.05, 0) is 53.8 Å². The monoisotopic (exact) mass is 388 g/mol. The normalized spacial score (nSPS) is 10.2. The predicted octanol–water partition coefficient (Wildman–Crippen LogP) is 4.63. The smallest absolute Gasteiger partial charge is 0.258 e. The number of rotatable bonds is 7. The number of ether oxygens (including phenoxy) is 1. The zero-order valence-electron chi connectivity index (χ0n) is 16.2. The highest BCUT2D eigenvalue weighted by molar-refractivity contribution is 6.11. The van der Waals surface area contributed by atoms with Crippen molar-refractivity contribution >= 4 is 22.4 Å². The molecule has 29 heavy (non-hydrogen) atoms. The second-order valence-electron chi connectivity index (χ2n) is 6.51. The van der Waals surface area contributed by atoms with Crippen molar-refractivity contribution in [2.24, 2.45) is 5.34 Å². The molecular formula is C23H20N2O4. The molecule has 6 nitrogen and oxygen atoms in total. The van der Waals surface area contributed by atoms with E-state index >= 15 is 0 Å². The van der Waals surface area contributed by atoms with Gasteiger partial charge >= 0.3 is 0 Å². The maximum Gasteiger partial charge on any atom is 0.258 e. The van der Waals surface area contributed by atoms with Crippen molar-refractivity contribution in [1.82, 2.24) is 0 Å². The van der Waals surface area contributed by atoms with E-state index in [0.29, 0.717) is 11.3 Å². The number of amides is 1. The number of anilines is 1. The van der Waals surface area contributed by atoms with Crippen LogP contribution < -0.4 is 9.64 Å². The molecule has 3 rings (SSSR count). The third-order valence-corrected chi connectivity index (χ3v) is 4.62. The average molecular weight is 388 g/mol. The van der Waals surface area contributed by atoms with E-state index in [1.165, 1.54) is 0 Å². The molecule has 0 aliphatic heterocycles.